The molecule has 0 aliphatic carbocycles. The van der Waals surface area contributed by atoms with Crippen LogP contribution in [0.5, 0.6) is 0 Å². The summed E-state index contributed by atoms with van der Waals surface area (Å²) >= 11 is 0. The smallest absolute Gasteiger partial charge is 0.240 e. The molecule has 0 saturated carbocycles. The van der Waals surface area contributed by atoms with Gasteiger partial charge in [0.25, 0.3) is 0 Å². The van der Waals surface area contributed by atoms with Crippen LogP contribution in [0.25, 0.3) is 11.4 Å². The van der Waals surface area contributed by atoms with Crippen molar-refractivity contribution in [3.8, 4) is 11.4 Å². The van der Waals surface area contributed by atoms with Crippen molar-refractivity contribution in [1.82, 2.24) is 30.2 Å². The molecule has 2 rings (SSSR count). The van der Waals surface area contributed by atoms with Gasteiger partial charge in [-0.3, -0.25) is 0 Å². The van der Waals surface area contributed by atoms with E-state index in [1.807, 2.05) is 6.92 Å². The summed E-state index contributed by atoms with van der Waals surface area (Å²) in [7, 11) is -0.0835. The van der Waals surface area contributed by atoms with Gasteiger partial charge in [-0.1, -0.05) is 12.1 Å². The van der Waals surface area contributed by atoms with Crippen LogP contribution in [0.3, 0.4) is 0 Å². The van der Waals surface area contributed by atoms with Gasteiger partial charge in [0.15, 0.2) is 5.82 Å². The number of aromatic nitrogens is 4. The Balaban J connectivity index is 2.27. The lowest BCUT2D eigenvalue weighted by Crippen LogP contribution is -2.37. The van der Waals surface area contributed by atoms with Crippen molar-refractivity contribution < 1.29 is 8.42 Å². The molecule has 0 aliphatic heterocycles. The molecule has 0 spiro atoms. The lowest BCUT2D eigenvalue weighted by molar-refractivity contribution is 0.554. The maximum atomic E-state index is 12.3. The van der Waals surface area contributed by atoms with Crippen molar-refractivity contribution >= 4 is 10.0 Å². The number of tetrazole rings is 1. The Hall–Kier alpha value is -1.84. The van der Waals surface area contributed by atoms with E-state index < -0.39 is 10.0 Å². The number of hydrogen-bond donors (Lipinski definition) is 2. The molecule has 1 unspecified atom stereocenters. The highest BCUT2D eigenvalue weighted by Crippen LogP contribution is 2.19. The molecule has 0 radical (unpaired) electrons. The Kier molecular flexibility index (Phi) is 4.66. The van der Waals surface area contributed by atoms with Crippen LogP contribution in [-0.2, 0) is 17.1 Å². The van der Waals surface area contributed by atoms with E-state index in [1.165, 1.54) is 4.68 Å². The average Bonchev–Trinajstić information content (AvgIpc) is 2.91. The van der Waals surface area contributed by atoms with Gasteiger partial charge >= 0.3 is 0 Å². The maximum absolute atomic E-state index is 12.3. The zero-order valence-corrected chi connectivity index (χ0v) is 12.9. The minimum absolute atomic E-state index is 0.0471. The molecule has 2 aromatic rings. The van der Waals surface area contributed by atoms with Crippen LogP contribution in [0, 0.1) is 0 Å². The molecule has 0 fully saturated rings. The van der Waals surface area contributed by atoms with Gasteiger partial charge in [0.2, 0.25) is 10.0 Å². The first-order chi connectivity index (χ1) is 9.94. The van der Waals surface area contributed by atoms with Crippen LogP contribution in [0.2, 0.25) is 0 Å². The third-order valence-corrected chi connectivity index (χ3v) is 4.52. The topological polar surface area (TPSA) is 102 Å². The Morgan fingerprint density at radius 1 is 1.38 bits per heavy atom. The quantitative estimate of drug-likeness (QED) is 0.764. The van der Waals surface area contributed by atoms with Crippen molar-refractivity contribution in [3.63, 3.8) is 0 Å². The monoisotopic (exact) mass is 310 g/mol. The average molecular weight is 310 g/mol. The van der Waals surface area contributed by atoms with Gasteiger partial charge in [-0.15, -0.1) is 5.10 Å². The second-order valence-corrected chi connectivity index (χ2v) is 6.46. The molecule has 0 amide bonds. The van der Waals surface area contributed by atoms with Gasteiger partial charge in [-0.05, 0) is 36.5 Å². The summed E-state index contributed by atoms with van der Waals surface area (Å²) in [5.74, 6) is 0.510. The SMILES string of the molecule is CNC(C)CNS(=O)(=O)c1cccc(-c2nnnn2C)c1. The molecule has 0 bridgehead atoms. The number of hydrogen-bond acceptors (Lipinski definition) is 6. The summed E-state index contributed by atoms with van der Waals surface area (Å²) in [5, 5.41) is 14.1. The maximum Gasteiger partial charge on any atom is 0.240 e. The second kappa shape index (κ2) is 6.29. The molecular formula is C12H18N6O2S. The third kappa shape index (κ3) is 3.63. The van der Waals surface area contributed by atoms with E-state index in [9.17, 15) is 8.42 Å². The normalized spacial score (nSPS) is 13.3. The highest BCUT2D eigenvalue weighted by molar-refractivity contribution is 7.89. The van der Waals surface area contributed by atoms with E-state index in [4.69, 9.17) is 0 Å². The van der Waals surface area contributed by atoms with Crippen LogP contribution in [-0.4, -0.2) is 48.3 Å². The minimum Gasteiger partial charge on any atom is -0.316 e. The van der Waals surface area contributed by atoms with Crippen molar-refractivity contribution in [2.75, 3.05) is 13.6 Å². The molecule has 8 nitrogen and oxygen atoms in total. The lowest BCUT2D eigenvalue weighted by atomic mass is 10.2. The Morgan fingerprint density at radius 2 is 2.14 bits per heavy atom. The van der Waals surface area contributed by atoms with Crippen LogP contribution in [0.1, 0.15) is 6.92 Å². The summed E-state index contributed by atoms with van der Waals surface area (Å²) in [5.41, 5.74) is 0.645. The number of nitrogens with one attached hydrogen (secondary N) is 2. The van der Waals surface area contributed by atoms with Crippen LogP contribution in [0.15, 0.2) is 29.2 Å². The number of rotatable bonds is 6. The molecule has 1 heterocycles. The third-order valence-electron chi connectivity index (χ3n) is 3.10. The van der Waals surface area contributed by atoms with Gasteiger partial charge in [-0.25, -0.2) is 17.8 Å². The fourth-order valence-electron chi connectivity index (χ4n) is 1.70. The highest BCUT2D eigenvalue weighted by atomic mass is 32.2. The Labute approximate surface area is 123 Å². The number of nitrogens with zero attached hydrogens (tertiary/aromatic N) is 4. The number of likely N-dealkylation sites (N-methyl/N-ethyl adjacent to an activating group) is 1. The predicted molar refractivity (Wildman–Crippen MR) is 77.9 cm³/mol. The van der Waals surface area contributed by atoms with Crippen molar-refractivity contribution in [2.24, 2.45) is 7.05 Å². The Bertz CT molecular complexity index is 712. The standard InChI is InChI=1S/C12H18N6O2S/c1-9(13-2)8-14-21(19,20)11-6-4-5-10(7-11)12-15-16-17-18(12)3/h4-7,9,13-14H,8H2,1-3H3. The van der Waals surface area contributed by atoms with Crippen molar-refractivity contribution in [1.29, 1.82) is 0 Å². The zero-order chi connectivity index (χ0) is 15.5. The summed E-state index contributed by atoms with van der Waals surface area (Å²) in [6.07, 6.45) is 0. The van der Waals surface area contributed by atoms with E-state index >= 15 is 0 Å². The van der Waals surface area contributed by atoms with E-state index in [-0.39, 0.29) is 10.9 Å². The molecule has 0 aliphatic rings. The molecule has 1 aromatic heterocycles. The van der Waals surface area contributed by atoms with Crippen LogP contribution in [0.4, 0.5) is 0 Å². The summed E-state index contributed by atoms with van der Waals surface area (Å²) < 4.78 is 28.6. The molecule has 21 heavy (non-hydrogen) atoms. The first-order valence-corrected chi connectivity index (χ1v) is 7.92. The largest absolute Gasteiger partial charge is 0.316 e. The van der Waals surface area contributed by atoms with Gasteiger partial charge in [0.05, 0.1) is 4.90 Å². The van der Waals surface area contributed by atoms with Gasteiger partial charge in [-0.2, -0.15) is 0 Å². The van der Waals surface area contributed by atoms with E-state index in [1.54, 1.807) is 38.4 Å². The number of aryl methyl sites for hydroxylation is 1. The minimum atomic E-state index is -3.56. The van der Waals surface area contributed by atoms with Crippen LogP contribution >= 0.6 is 0 Å². The molecule has 9 heteroatoms. The van der Waals surface area contributed by atoms with E-state index in [2.05, 4.69) is 25.6 Å². The van der Waals surface area contributed by atoms with E-state index in [0.717, 1.165) is 0 Å². The molecule has 114 valence electrons. The summed E-state index contributed by atoms with van der Waals surface area (Å²) in [6.45, 7) is 2.21. The van der Waals surface area contributed by atoms with Gasteiger partial charge in [0.1, 0.15) is 0 Å². The molecule has 0 saturated heterocycles. The second-order valence-electron chi connectivity index (χ2n) is 4.70. The van der Waals surface area contributed by atoms with Gasteiger partial charge in [0, 0.05) is 25.2 Å². The molecule has 1 aromatic carbocycles. The van der Waals surface area contributed by atoms with Crippen molar-refractivity contribution in [3.05, 3.63) is 24.3 Å². The predicted octanol–water partition coefficient (Wildman–Crippen LogP) is -0.237. The summed E-state index contributed by atoms with van der Waals surface area (Å²) in [6, 6.07) is 6.57. The fourth-order valence-corrected chi connectivity index (χ4v) is 2.87. The Morgan fingerprint density at radius 3 is 2.76 bits per heavy atom. The van der Waals surface area contributed by atoms with Crippen molar-refractivity contribution in [2.45, 2.75) is 17.9 Å². The lowest BCUT2D eigenvalue weighted by Gasteiger charge is -2.12. The van der Waals surface area contributed by atoms with E-state index in [0.29, 0.717) is 17.9 Å². The summed E-state index contributed by atoms with van der Waals surface area (Å²) in [4.78, 5) is 0.186. The van der Waals surface area contributed by atoms with Crippen LogP contribution < -0.4 is 10.0 Å². The molecular weight excluding hydrogens is 292 g/mol. The molecule has 2 N–H and O–H groups in total. The fraction of sp³-hybridized carbons (Fsp3) is 0.417. The number of sulfonamides is 1. The number of benzene rings is 1. The van der Waals surface area contributed by atoms with Gasteiger partial charge < -0.3 is 5.32 Å². The first-order valence-electron chi connectivity index (χ1n) is 6.44. The molecule has 1 atom stereocenters. The zero-order valence-electron chi connectivity index (χ0n) is 12.1. The first kappa shape index (κ1) is 15.5. The highest BCUT2D eigenvalue weighted by Gasteiger charge is 2.16.